The van der Waals surface area contributed by atoms with Gasteiger partial charge in [-0.15, -0.1) is 0 Å². The zero-order valence-corrected chi connectivity index (χ0v) is 14.6. The zero-order chi connectivity index (χ0) is 18.0. The van der Waals surface area contributed by atoms with Crippen LogP contribution in [0.15, 0.2) is 18.2 Å². The lowest BCUT2D eigenvalue weighted by Gasteiger charge is -2.25. The Morgan fingerprint density at radius 3 is 2.36 bits per heavy atom. The van der Waals surface area contributed by atoms with E-state index in [1.54, 1.807) is 7.11 Å². The number of carbonyl (C=O) groups is 2. The highest BCUT2D eigenvalue weighted by Gasteiger charge is 2.41. The van der Waals surface area contributed by atoms with E-state index in [9.17, 15) is 9.59 Å². The molecule has 4 N–H and O–H groups in total. The summed E-state index contributed by atoms with van der Waals surface area (Å²) >= 11 is 0. The van der Waals surface area contributed by atoms with Crippen LogP contribution in [0, 0.1) is 11.8 Å². The van der Waals surface area contributed by atoms with Crippen LogP contribution in [0.4, 0.5) is 0 Å². The van der Waals surface area contributed by atoms with Crippen LogP contribution in [-0.4, -0.2) is 25.0 Å². The van der Waals surface area contributed by atoms with Gasteiger partial charge in [0.15, 0.2) is 11.5 Å². The van der Waals surface area contributed by atoms with E-state index in [0.29, 0.717) is 17.4 Å². The zero-order valence-electron chi connectivity index (χ0n) is 14.6. The van der Waals surface area contributed by atoms with Crippen LogP contribution in [0.25, 0.3) is 0 Å². The van der Waals surface area contributed by atoms with E-state index in [2.05, 4.69) is 0 Å². The second-order valence-electron chi connectivity index (χ2n) is 7.28. The van der Waals surface area contributed by atoms with Crippen molar-refractivity contribution >= 4 is 11.8 Å². The van der Waals surface area contributed by atoms with Gasteiger partial charge in [-0.2, -0.15) is 0 Å². The van der Waals surface area contributed by atoms with Gasteiger partial charge in [0.1, 0.15) is 6.10 Å². The third-order valence-corrected chi connectivity index (χ3v) is 5.51. The van der Waals surface area contributed by atoms with E-state index < -0.39 is 11.8 Å². The predicted molar refractivity (Wildman–Crippen MR) is 93.2 cm³/mol. The fourth-order valence-corrected chi connectivity index (χ4v) is 4.33. The second-order valence-corrected chi connectivity index (χ2v) is 7.28. The summed E-state index contributed by atoms with van der Waals surface area (Å²) in [5.74, 6) is 1.45. The molecule has 2 amide bonds. The minimum Gasteiger partial charge on any atom is -0.493 e. The third-order valence-electron chi connectivity index (χ3n) is 5.51. The molecule has 0 aliphatic heterocycles. The molecular formula is C19H26N2O4. The molecule has 1 aromatic rings. The number of carbonyl (C=O) groups excluding carboxylic acids is 2. The van der Waals surface area contributed by atoms with Crippen molar-refractivity contribution in [1.82, 2.24) is 0 Å². The van der Waals surface area contributed by atoms with E-state index in [0.717, 1.165) is 17.9 Å². The summed E-state index contributed by atoms with van der Waals surface area (Å²) in [6.45, 7) is 0. The van der Waals surface area contributed by atoms with Crippen molar-refractivity contribution in [3.8, 4) is 11.5 Å². The average molecular weight is 346 g/mol. The number of primary amides is 2. The fraction of sp³-hybridized carbons (Fsp3) is 0.579. The number of ether oxygens (including phenoxy) is 2. The van der Waals surface area contributed by atoms with Gasteiger partial charge in [-0.05, 0) is 55.2 Å². The fourth-order valence-electron chi connectivity index (χ4n) is 4.33. The summed E-state index contributed by atoms with van der Waals surface area (Å²) in [6, 6.07) is 5.51. The molecular weight excluding hydrogens is 320 g/mol. The normalized spacial score (nSPS) is 24.5. The molecule has 0 saturated heterocycles. The lowest BCUT2D eigenvalue weighted by molar-refractivity contribution is -0.119. The van der Waals surface area contributed by atoms with Gasteiger partial charge in [0.25, 0.3) is 0 Å². The van der Waals surface area contributed by atoms with E-state index in [4.69, 9.17) is 20.9 Å². The summed E-state index contributed by atoms with van der Waals surface area (Å²) in [7, 11) is 1.60. The molecule has 6 nitrogen and oxygen atoms in total. The summed E-state index contributed by atoms with van der Waals surface area (Å²) in [5, 5.41) is 0. The molecule has 0 aromatic heterocycles. The number of benzene rings is 1. The van der Waals surface area contributed by atoms with Crippen LogP contribution in [0.5, 0.6) is 11.5 Å². The van der Waals surface area contributed by atoms with Gasteiger partial charge in [-0.25, -0.2) is 0 Å². The van der Waals surface area contributed by atoms with Crippen LogP contribution in [0.3, 0.4) is 0 Å². The quantitative estimate of drug-likeness (QED) is 0.752. The first kappa shape index (κ1) is 17.6. The van der Waals surface area contributed by atoms with Crippen LogP contribution in [-0.2, 0) is 9.59 Å². The molecule has 2 aliphatic rings. The van der Waals surface area contributed by atoms with Gasteiger partial charge >= 0.3 is 0 Å². The first-order valence-corrected chi connectivity index (χ1v) is 8.87. The van der Waals surface area contributed by atoms with Crippen LogP contribution >= 0.6 is 0 Å². The van der Waals surface area contributed by atoms with Gasteiger partial charge in [-0.1, -0.05) is 6.07 Å². The number of hydrogen-bond donors (Lipinski definition) is 2. The maximum Gasteiger partial charge on any atom is 0.218 e. The van der Waals surface area contributed by atoms with Crippen molar-refractivity contribution in [3.63, 3.8) is 0 Å². The minimum absolute atomic E-state index is 0.0723. The van der Waals surface area contributed by atoms with Gasteiger partial charge in [0.2, 0.25) is 11.8 Å². The molecule has 1 aromatic carbocycles. The molecule has 0 unspecified atom stereocenters. The smallest absolute Gasteiger partial charge is 0.218 e. The summed E-state index contributed by atoms with van der Waals surface area (Å²) < 4.78 is 11.7. The van der Waals surface area contributed by atoms with Crippen molar-refractivity contribution in [2.75, 3.05) is 7.11 Å². The average Bonchev–Trinajstić information content (AvgIpc) is 3.16. The lowest BCUT2D eigenvalue weighted by Crippen LogP contribution is -2.24. The van der Waals surface area contributed by atoms with Crippen LogP contribution in [0.2, 0.25) is 0 Å². The molecule has 2 bridgehead atoms. The number of hydrogen-bond acceptors (Lipinski definition) is 4. The Morgan fingerprint density at radius 1 is 1.12 bits per heavy atom. The molecule has 2 saturated carbocycles. The molecule has 25 heavy (non-hydrogen) atoms. The Balaban J connectivity index is 1.82. The molecule has 2 aliphatic carbocycles. The molecule has 6 heteroatoms. The summed E-state index contributed by atoms with van der Waals surface area (Å²) in [4.78, 5) is 22.7. The van der Waals surface area contributed by atoms with Crippen molar-refractivity contribution in [2.24, 2.45) is 23.3 Å². The number of rotatable bonds is 8. The topological polar surface area (TPSA) is 105 Å². The molecule has 0 radical (unpaired) electrons. The number of amides is 2. The van der Waals surface area contributed by atoms with Gasteiger partial charge in [0.05, 0.1) is 7.11 Å². The Bertz CT molecular complexity index is 645. The van der Waals surface area contributed by atoms with Gasteiger partial charge < -0.3 is 20.9 Å². The highest BCUT2D eigenvalue weighted by Crippen LogP contribution is 2.47. The van der Waals surface area contributed by atoms with Crippen molar-refractivity contribution in [3.05, 3.63) is 23.8 Å². The number of nitrogens with two attached hydrogens (primary N) is 2. The Kier molecular flexibility index (Phi) is 5.16. The van der Waals surface area contributed by atoms with Crippen molar-refractivity contribution in [1.29, 1.82) is 0 Å². The molecule has 136 valence electrons. The maximum absolute atomic E-state index is 11.4. The molecule has 2 fully saturated rings. The Hall–Kier alpha value is -2.24. The summed E-state index contributed by atoms with van der Waals surface area (Å²) in [5.41, 5.74) is 11.5. The first-order chi connectivity index (χ1) is 12.0. The third kappa shape index (κ3) is 4.06. The largest absolute Gasteiger partial charge is 0.493 e. The second kappa shape index (κ2) is 7.33. The maximum atomic E-state index is 11.4. The van der Waals surface area contributed by atoms with E-state index in [1.165, 1.54) is 19.3 Å². The number of methoxy groups -OCH3 is 1. The molecule has 3 rings (SSSR count). The SMILES string of the molecule is COc1ccc(C(CC(N)=O)CC(N)=O)cc1O[C@H]1C[C@H]2CC[C@H]1C2. The van der Waals surface area contributed by atoms with E-state index in [1.807, 2.05) is 18.2 Å². The molecule has 3 atom stereocenters. The van der Waals surface area contributed by atoms with Crippen LogP contribution in [0.1, 0.15) is 50.0 Å². The van der Waals surface area contributed by atoms with E-state index in [-0.39, 0.29) is 24.9 Å². The van der Waals surface area contributed by atoms with E-state index >= 15 is 0 Å². The van der Waals surface area contributed by atoms with Gasteiger partial charge in [0, 0.05) is 18.8 Å². The van der Waals surface area contributed by atoms with Crippen molar-refractivity contribution in [2.45, 2.75) is 50.5 Å². The standard InChI is InChI=1S/C19H26N2O4/c1-24-15-5-4-12(14(9-18(20)22)10-19(21)23)8-17(15)25-16-7-11-2-3-13(16)6-11/h4-5,8,11,13-14,16H,2-3,6-7,9-10H2,1H3,(H2,20,22)(H2,21,23)/t11-,13-,16-/m0/s1. The summed E-state index contributed by atoms with van der Waals surface area (Å²) in [6.07, 6.45) is 5.23. The van der Waals surface area contributed by atoms with Crippen LogP contribution < -0.4 is 20.9 Å². The highest BCUT2D eigenvalue weighted by atomic mass is 16.5. The van der Waals surface area contributed by atoms with Crippen molar-refractivity contribution < 1.29 is 19.1 Å². The Morgan fingerprint density at radius 2 is 1.84 bits per heavy atom. The lowest BCUT2D eigenvalue weighted by atomic mass is 9.91. The highest BCUT2D eigenvalue weighted by molar-refractivity contribution is 5.78. The van der Waals surface area contributed by atoms with Gasteiger partial charge in [-0.3, -0.25) is 9.59 Å². The number of fused-ring (bicyclic) bond motifs is 2. The first-order valence-electron chi connectivity index (χ1n) is 8.87. The molecule has 0 spiro atoms. The predicted octanol–water partition coefficient (Wildman–Crippen LogP) is 2.10. The monoisotopic (exact) mass is 346 g/mol. The Labute approximate surface area is 147 Å². The minimum atomic E-state index is -0.461. The molecule has 0 heterocycles.